The fourth-order valence-electron chi connectivity index (χ4n) is 2.85. The molecule has 1 aromatic rings. The van der Waals surface area contributed by atoms with Crippen LogP contribution in [0.15, 0.2) is 24.3 Å². The molecule has 0 aromatic heterocycles. The van der Waals surface area contributed by atoms with Crippen molar-refractivity contribution in [2.75, 3.05) is 13.2 Å². The Morgan fingerprint density at radius 2 is 1.90 bits per heavy atom. The van der Waals surface area contributed by atoms with Crippen molar-refractivity contribution < 1.29 is 9.53 Å². The number of carbonyl (C=O) groups excluding carboxylic acids is 1. The summed E-state index contributed by atoms with van der Waals surface area (Å²) in [6, 6.07) is 7.94. The normalized spacial score (nSPS) is 22.1. The van der Waals surface area contributed by atoms with Crippen LogP contribution in [-0.4, -0.2) is 30.0 Å². The van der Waals surface area contributed by atoms with Crippen LogP contribution in [0.25, 0.3) is 0 Å². The molecule has 1 amide bonds. The summed E-state index contributed by atoms with van der Waals surface area (Å²) < 4.78 is 5.47. The Balaban J connectivity index is 2.15. The molecule has 1 aliphatic heterocycles. The molecule has 0 radical (unpaired) electrons. The van der Waals surface area contributed by atoms with Crippen LogP contribution in [0.1, 0.15) is 45.8 Å². The third kappa shape index (κ3) is 3.56. The molecular formula is C17H26N2O2. The smallest absolute Gasteiger partial charge is 0.241 e. The van der Waals surface area contributed by atoms with Gasteiger partial charge >= 0.3 is 0 Å². The summed E-state index contributed by atoms with van der Waals surface area (Å²) in [6.45, 7) is 9.68. The number of hydrogen-bond acceptors (Lipinski definition) is 3. The van der Waals surface area contributed by atoms with E-state index in [1.807, 2.05) is 43.0 Å². The molecule has 21 heavy (non-hydrogen) atoms. The summed E-state index contributed by atoms with van der Waals surface area (Å²) >= 11 is 0. The van der Waals surface area contributed by atoms with E-state index in [9.17, 15) is 4.79 Å². The van der Waals surface area contributed by atoms with E-state index in [4.69, 9.17) is 4.74 Å². The van der Waals surface area contributed by atoms with Gasteiger partial charge in [-0.3, -0.25) is 10.1 Å². The van der Waals surface area contributed by atoms with E-state index in [0.717, 1.165) is 24.3 Å². The average Bonchev–Trinajstić information content (AvgIpc) is 2.76. The van der Waals surface area contributed by atoms with Crippen molar-refractivity contribution in [2.45, 2.75) is 46.3 Å². The maximum absolute atomic E-state index is 12.5. The zero-order valence-corrected chi connectivity index (χ0v) is 13.4. The Bertz CT molecular complexity index is 470. The highest BCUT2D eigenvalue weighted by Crippen LogP contribution is 2.28. The number of amides is 1. The molecule has 1 N–H and O–H groups in total. The van der Waals surface area contributed by atoms with Crippen molar-refractivity contribution in [3.8, 4) is 5.75 Å². The second-order valence-corrected chi connectivity index (χ2v) is 5.88. The lowest BCUT2D eigenvalue weighted by molar-refractivity contribution is -0.130. The van der Waals surface area contributed by atoms with Crippen molar-refractivity contribution in [1.29, 1.82) is 0 Å². The Morgan fingerprint density at radius 3 is 2.43 bits per heavy atom. The van der Waals surface area contributed by atoms with Crippen molar-refractivity contribution in [3.05, 3.63) is 29.8 Å². The molecule has 4 heteroatoms. The number of hydrogen-bond donors (Lipinski definition) is 1. The quantitative estimate of drug-likeness (QED) is 0.876. The van der Waals surface area contributed by atoms with E-state index in [1.54, 1.807) is 0 Å². The molecule has 2 unspecified atom stereocenters. The van der Waals surface area contributed by atoms with E-state index in [0.29, 0.717) is 12.5 Å². The van der Waals surface area contributed by atoms with E-state index in [2.05, 4.69) is 19.2 Å². The molecule has 1 heterocycles. The van der Waals surface area contributed by atoms with E-state index in [1.165, 1.54) is 0 Å². The second kappa shape index (κ2) is 6.94. The maximum Gasteiger partial charge on any atom is 0.241 e. The van der Waals surface area contributed by atoms with Crippen LogP contribution in [0, 0.1) is 5.92 Å². The summed E-state index contributed by atoms with van der Waals surface area (Å²) in [5.74, 6) is 1.58. The zero-order valence-electron chi connectivity index (χ0n) is 13.4. The molecule has 0 spiro atoms. The molecular weight excluding hydrogens is 264 g/mol. The van der Waals surface area contributed by atoms with Gasteiger partial charge in [-0.05, 0) is 43.9 Å². The summed E-state index contributed by atoms with van der Waals surface area (Å²) in [7, 11) is 0. The first kappa shape index (κ1) is 15.8. The fourth-order valence-corrected chi connectivity index (χ4v) is 2.85. The van der Waals surface area contributed by atoms with Gasteiger partial charge in [0.15, 0.2) is 0 Å². The van der Waals surface area contributed by atoms with Gasteiger partial charge in [0.25, 0.3) is 0 Å². The molecule has 1 saturated heterocycles. The Kier molecular flexibility index (Phi) is 5.23. The highest BCUT2D eigenvalue weighted by atomic mass is 16.5. The van der Waals surface area contributed by atoms with Gasteiger partial charge < -0.3 is 9.64 Å². The van der Waals surface area contributed by atoms with Crippen LogP contribution in [0.3, 0.4) is 0 Å². The predicted octanol–water partition coefficient (Wildman–Crippen LogP) is 2.95. The van der Waals surface area contributed by atoms with Crippen LogP contribution in [0.5, 0.6) is 5.75 Å². The summed E-state index contributed by atoms with van der Waals surface area (Å²) in [4.78, 5) is 14.4. The minimum absolute atomic E-state index is 0.0260. The molecule has 0 bridgehead atoms. The average molecular weight is 290 g/mol. The Hall–Kier alpha value is -1.55. The first-order chi connectivity index (χ1) is 10.1. The molecule has 2 rings (SSSR count). The molecule has 1 aliphatic rings. The molecule has 1 fully saturated rings. The van der Waals surface area contributed by atoms with Crippen LogP contribution in [-0.2, 0) is 4.79 Å². The SMILES string of the molecule is CCOc1ccc(C2NC(CC(C)C)C(=O)N2CC)cc1. The number of likely N-dealkylation sites (N-methyl/N-ethyl adjacent to an activating group) is 1. The summed E-state index contributed by atoms with van der Waals surface area (Å²) in [6.07, 6.45) is 0.852. The highest BCUT2D eigenvalue weighted by Gasteiger charge is 2.38. The van der Waals surface area contributed by atoms with Crippen LogP contribution >= 0.6 is 0 Å². The van der Waals surface area contributed by atoms with Crippen molar-refractivity contribution in [3.63, 3.8) is 0 Å². The number of ether oxygens (including phenoxy) is 1. The standard InChI is InChI=1S/C17H26N2O2/c1-5-19-16(18-15(17(19)20)11-12(3)4)13-7-9-14(10-8-13)21-6-2/h7-10,12,15-16,18H,5-6,11H2,1-4H3. The van der Waals surface area contributed by atoms with Gasteiger partial charge in [0.2, 0.25) is 5.91 Å². The van der Waals surface area contributed by atoms with E-state index >= 15 is 0 Å². The number of nitrogens with zero attached hydrogens (tertiary/aromatic N) is 1. The first-order valence-electron chi connectivity index (χ1n) is 7.86. The molecule has 2 atom stereocenters. The van der Waals surface area contributed by atoms with Gasteiger partial charge in [-0.1, -0.05) is 26.0 Å². The zero-order chi connectivity index (χ0) is 15.4. The summed E-state index contributed by atoms with van der Waals surface area (Å²) in [5.41, 5.74) is 1.11. The van der Waals surface area contributed by atoms with E-state index in [-0.39, 0.29) is 18.1 Å². The van der Waals surface area contributed by atoms with Crippen molar-refractivity contribution in [1.82, 2.24) is 10.2 Å². The van der Waals surface area contributed by atoms with Gasteiger partial charge in [-0.2, -0.15) is 0 Å². The van der Waals surface area contributed by atoms with E-state index < -0.39 is 0 Å². The lowest BCUT2D eigenvalue weighted by Gasteiger charge is -2.23. The van der Waals surface area contributed by atoms with Gasteiger partial charge in [-0.15, -0.1) is 0 Å². The molecule has 116 valence electrons. The minimum atomic E-state index is -0.0680. The largest absolute Gasteiger partial charge is 0.494 e. The minimum Gasteiger partial charge on any atom is -0.494 e. The Morgan fingerprint density at radius 1 is 1.24 bits per heavy atom. The number of rotatable bonds is 6. The highest BCUT2D eigenvalue weighted by molar-refractivity contribution is 5.84. The summed E-state index contributed by atoms with van der Waals surface area (Å²) in [5, 5.41) is 3.48. The van der Waals surface area contributed by atoms with Gasteiger partial charge in [0.05, 0.1) is 12.6 Å². The monoisotopic (exact) mass is 290 g/mol. The van der Waals surface area contributed by atoms with Gasteiger partial charge in [0.1, 0.15) is 11.9 Å². The molecule has 1 aromatic carbocycles. The lowest BCUT2D eigenvalue weighted by Crippen LogP contribution is -2.31. The molecule has 0 aliphatic carbocycles. The number of nitrogens with one attached hydrogen (secondary N) is 1. The lowest BCUT2D eigenvalue weighted by atomic mass is 10.0. The van der Waals surface area contributed by atoms with Crippen molar-refractivity contribution in [2.24, 2.45) is 5.92 Å². The number of carbonyl (C=O) groups is 1. The molecule has 0 saturated carbocycles. The third-order valence-electron chi connectivity index (χ3n) is 3.81. The molecule has 4 nitrogen and oxygen atoms in total. The predicted molar refractivity (Wildman–Crippen MR) is 84.1 cm³/mol. The topological polar surface area (TPSA) is 41.6 Å². The number of benzene rings is 1. The van der Waals surface area contributed by atoms with Crippen LogP contribution in [0.4, 0.5) is 0 Å². The van der Waals surface area contributed by atoms with Gasteiger partial charge in [-0.25, -0.2) is 0 Å². The van der Waals surface area contributed by atoms with Crippen LogP contribution < -0.4 is 10.1 Å². The third-order valence-corrected chi connectivity index (χ3v) is 3.81. The first-order valence-corrected chi connectivity index (χ1v) is 7.86. The Labute approximate surface area is 127 Å². The maximum atomic E-state index is 12.5. The fraction of sp³-hybridized carbons (Fsp3) is 0.588. The van der Waals surface area contributed by atoms with Crippen molar-refractivity contribution >= 4 is 5.91 Å². The van der Waals surface area contributed by atoms with Crippen LogP contribution in [0.2, 0.25) is 0 Å². The van der Waals surface area contributed by atoms with Gasteiger partial charge in [0, 0.05) is 6.54 Å². The second-order valence-electron chi connectivity index (χ2n) is 5.88.